The predicted molar refractivity (Wildman–Crippen MR) is 155 cm³/mol. The fourth-order valence-corrected chi connectivity index (χ4v) is 5.89. The third-order valence-electron chi connectivity index (χ3n) is 8.10. The van der Waals surface area contributed by atoms with Crippen LogP contribution in [-0.4, -0.2) is 41.9 Å². The molecule has 3 aromatic rings. The van der Waals surface area contributed by atoms with Crippen LogP contribution in [0.15, 0.2) is 89.9 Å². The van der Waals surface area contributed by atoms with Crippen molar-refractivity contribution >= 4 is 23.2 Å². The third kappa shape index (κ3) is 6.28. The van der Waals surface area contributed by atoms with E-state index in [9.17, 15) is 14.7 Å². The maximum Gasteiger partial charge on any atom is 0.272 e. The topological polar surface area (TPSA) is 82.0 Å². The maximum atomic E-state index is 13.8. The molecule has 1 unspecified atom stereocenters. The second kappa shape index (κ2) is 12.4. The Labute approximate surface area is 230 Å². The number of rotatable bonds is 9. The van der Waals surface area contributed by atoms with E-state index >= 15 is 0 Å². The number of anilines is 1. The molecule has 1 heterocycles. The molecule has 5 rings (SSSR count). The lowest BCUT2D eigenvalue weighted by molar-refractivity contribution is -0.133. The van der Waals surface area contributed by atoms with Crippen molar-refractivity contribution in [1.29, 1.82) is 0 Å². The van der Waals surface area contributed by atoms with Crippen LogP contribution in [-0.2, 0) is 16.0 Å². The zero-order valence-corrected chi connectivity index (χ0v) is 22.5. The van der Waals surface area contributed by atoms with Crippen LogP contribution < -0.4 is 10.2 Å². The van der Waals surface area contributed by atoms with Crippen molar-refractivity contribution in [1.82, 2.24) is 5.32 Å². The SMILES string of the molecule is CN1C(=O)C(NC(=O)[C@H](CC2CCCC2)[C@@H](O)CCc2ccccc2)N=C(c2ccccc2)c2ccccc21. The molecule has 0 bridgehead atoms. The largest absolute Gasteiger partial charge is 0.392 e. The van der Waals surface area contributed by atoms with E-state index in [1.165, 1.54) is 0 Å². The lowest BCUT2D eigenvalue weighted by atomic mass is 9.86. The molecule has 2 N–H and O–H groups in total. The van der Waals surface area contributed by atoms with Gasteiger partial charge in [0.05, 0.1) is 23.4 Å². The molecule has 3 aromatic carbocycles. The Morgan fingerprint density at radius 1 is 0.974 bits per heavy atom. The van der Waals surface area contributed by atoms with Crippen molar-refractivity contribution in [3.8, 4) is 0 Å². The summed E-state index contributed by atoms with van der Waals surface area (Å²) in [7, 11) is 1.72. The van der Waals surface area contributed by atoms with Crippen LogP contribution in [0.25, 0.3) is 0 Å². The highest BCUT2D eigenvalue weighted by Gasteiger charge is 2.36. The molecule has 6 heteroatoms. The number of nitrogens with one attached hydrogen (secondary N) is 1. The van der Waals surface area contributed by atoms with E-state index in [0.717, 1.165) is 48.1 Å². The minimum absolute atomic E-state index is 0.305. The Kier molecular flexibility index (Phi) is 8.52. The summed E-state index contributed by atoms with van der Waals surface area (Å²) in [6.45, 7) is 0. The number of para-hydroxylation sites is 1. The number of amides is 2. The molecule has 39 heavy (non-hydrogen) atoms. The van der Waals surface area contributed by atoms with E-state index < -0.39 is 18.2 Å². The van der Waals surface area contributed by atoms with Crippen molar-refractivity contribution in [2.24, 2.45) is 16.8 Å². The number of aliphatic hydroxyl groups is 1. The minimum atomic E-state index is -1.09. The zero-order chi connectivity index (χ0) is 27.2. The van der Waals surface area contributed by atoms with E-state index in [0.29, 0.717) is 30.9 Å². The van der Waals surface area contributed by atoms with Crippen molar-refractivity contribution in [2.75, 3.05) is 11.9 Å². The van der Waals surface area contributed by atoms with Gasteiger partial charge in [-0.15, -0.1) is 0 Å². The molecule has 0 radical (unpaired) electrons. The van der Waals surface area contributed by atoms with Crippen LogP contribution >= 0.6 is 0 Å². The molecule has 0 aromatic heterocycles. The predicted octanol–water partition coefficient (Wildman–Crippen LogP) is 5.13. The highest BCUT2D eigenvalue weighted by molar-refractivity contribution is 6.20. The van der Waals surface area contributed by atoms with E-state index in [1.807, 2.05) is 84.9 Å². The lowest BCUT2D eigenvalue weighted by Gasteiger charge is -2.27. The summed E-state index contributed by atoms with van der Waals surface area (Å²) < 4.78 is 0. The monoisotopic (exact) mass is 523 g/mol. The number of likely N-dealkylation sites (N-methyl/N-ethyl adjacent to an activating group) is 1. The summed E-state index contributed by atoms with van der Waals surface area (Å²) in [5, 5.41) is 14.2. The highest BCUT2D eigenvalue weighted by atomic mass is 16.3. The fraction of sp³-hybridized carbons (Fsp3) is 0.364. The minimum Gasteiger partial charge on any atom is -0.392 e. The van der Waals surface area contributed by atoms with Gasteiger partial charge in [-0.1, -0.05) is 105 Å². The number of nitrogens with zero attached hydrogens (tertiary/aromatic N) is 2. The van der Waals surface area contributed by atoms with E-state index in [2.05, 4.69) is 5.32 Å². The first-order valence-electron chi connectivity index (χ1n) is 14.0. The van der Waals surface area contributed by atoms with Gasteiger partial charge in [-0.25, -0.2) is 4.99 Å². The van der Waals surface area contributed by atoms with E-state index in [4.69, 9.17) is 4.99 Å². The average Bonchev–Trinajstić information content (AvgIpc) is 3.47. The van der Waals surface area contributed by atoms with Crippen LogP contribution in [0.1, 0.15) is 55.2 Å². The molecule has 3 atom stereocenters. The summed E-state index contributed by atoms with van der Waals surface area (Å²) in [4.78, 5) is 33.8. The van der Waals surface area contributed by atoms with Gasteiger partial charge in [-0.2, -0.15) is 0 Å². The van der Waals surface area contributed by atoms with Gasteiger partial charge in [0.25, 0.3) is 5.91 Å². The summed E-state index contributed by atoms with van der Waals surface area (Å²) in [5.41, 5.74) is 4.24. The third-order valence-corrected chi connectivity index (χ3v) is 8.10. The normalized spacial score (nSPS) is 19.1. The molecule has 0 saturated heterocycles. The number of aliphatic hydroxyl groups excluding tert-OH is 1. The summed E-state index contributed by atoms with van der Waals surface area (Å²) in [5.74, 6) is -0.806. The Morgan fingerprint density at radius 3 is 2.33 bits per heavy atom. The molecule has 1 saturated carbocycles. The van der Waals surface area contributed by atoms with Gasteiger partial charge in [0, 0.05) is 18.2 Å². The van der Waals surface area contributed by atoms with Crippen LogP contribution in [0, 0.1) is 11.8 Å². The number of aryl methyl sites for hydroxylation is 1. The second-order valence-electron chi connectivity index (χ2n) is 10.8. The van der Waals surface area contributed by atoms with Crippen molar-refractivity contribution < 1.29 is 14.7 Å². The number of aliphatic imine (C=N–C) groups is 1. The zero-order valence-electron chi connectivity index (χ0n) is 22.5. The smallest absolute Gasteiger partial charge is 0.272 e. The molecule has 1 aliphatic carbocycles. The Morgan fingerprint density at radius 2 is 1.62 bits per heavy atom. The summed E-state index contributed by atoms with van der Waals surface area (Å²) >= 11 is 0. The fourth-order valence-electron chi connectivity index (χ4n) is 5.89. The van der Waals surface area contributed by atoms with Gasteiger partial charge in [0.1, 0.15) is 0 Å². The summed E-state index contributed by atoms with van der Waals surface area (Å²) in [6.07, 6.45) is 4.37. The molecular weight excluding hydrogens is 486 g/mol. The number of carbonyl (C=O) groups excluding carboxylic acids is 2. The molecular formula is C33H37N3O3. The number of carbonyl (C=O) groups is 2. The second-order valence-corrected chi connectivity index (χ2v) is 10.8. The van der Waals surface area contributed by atoms with Gasteiger partial charge < -0.3 is 15.3 Å². The van der Waals surface area contributed by atoms with Gasteiger partial charge >= 0.3 is 0 Å². The van der Waals surface area contributed by atoms with Gasteiger partial charge in [-0.3, -0.25) is 9.59 Å². The maximum absolute atomic E-state index is 13.8. The Balaban J connectivity index is 1.41. The van der Waals surface area contributed by atoms with Gasteiger partial charge in [0.15, 0.2) is 0 Å². The first-order valence-corrected chi connectivity index (χ1v) is 14.0. The quantitative estimate of drug-likeness (QED) is 0.408. The molecule has 202 valence electrons. The van der Waals surface area contributed by atoms with Crippen LogP contribution in [0.2, 0.25) is 0 Å². The van der Waals surface area contributed by atoms with Crippen LogP contribution in [0.4, 0.5) is 5.69 Å². The first kappa shape index (κ1) is 26.8. The lowest BCUT2D eigenvalue weighted by Crippen LogP contribution is -2.49. The number of fused-ring (bicyclic) bond motifs is 1. The van der Waals surface area contributed by atoms with Gasteiger partial charge in [0.2, 0.25) is 12.1 Å². The van der Waals surface area contributed by atoms with E-state index in [-0.39, 0.29) is 11.8 Å². The van der Waals surface area contributed by atoms with E-state index in [1.54, 1.807) is 11.9 Å². The summed E-state index contributed by atoms with van der Waals surface area (Å²) in [6, 6.07) is 27.4. The van der Waals surface area contributed by atoms with Crippen molar-refractivity contribution in [2.45, 2.75) is 57.2 Å². The molecule has 1 aliphatic heterocycles. The number of benzene rings is 3. The number of benzodiazepines with no additional fused rings is 1. The van der Waals surface area contributed by atoms with Crippen molar-refractivity contribution in [3.05, 3.63) is 102 Å². The van der Waals surface area contributed by atoms with Crippen LogP contribution in [0.3, 0.4) is 0 Å². The molecule has 6 nitrogen and oxygen atoms in total. The molecule has 1 fully saturated rings. The first-order chi connectivity index (χ1) is 19.0. The standard InChI is InChI=1S/C33H37N3O3/c1-36-28-19-11-10-18-26(28)30(25-16-6-3-7-17-25)34-31(33(36)39)35-32(38)27(22-24-14-8-9-15-24)29(37)21-20-23-12-4-2-5-13-23/h2-7,10-13,16-19,24,27,29,31,37H,8-9,14-15,20-22H2,1H3,(H,35,38)/t27-,29+,31?/m1/s1. The van der Waals surface area contributed by atoms with Crippen molar-refractivity contribution in [3.63, 3.8) is 0 Å². The number of hydrogen-bond acceptors (Lipinski definition) is 4. The van der Waals surface area contributed by atoms with Gasteiger partial charge in [-0.05, 0) is 36.8 Å². The molecule has 2 amide bonds. The number of hydrogen-bond donors (Lipinski definition) is 2. The molecule has 2 aliphatic rings. The Hall–Kier alpha value is -3.77. The average molecular weight is 524 g/mol. The molecule has 0 spiro atoms. The Bertz CT molecular complexity index is 1300. The highest BCUT2D eigenvalue weighted by Crippen LogP contribution is 2.33. The van der Waals surface area contributed by atoms with Crippen LogP contribution in [0.5, 0.6) is 0 Å².